The Labute approximate surface area is 289 Å². The lowest BCUT2D eigenvalue weighted by molar-refractivity contribution is -0.143. The van der Waals surface area contributed by atoms with Gasteiger partial charge >= 0.3 is 28.1 Å². The first-order valence-electron chi connectivity index (χ1n) is 15.5. The monoisotopic (exact) mass is 739 g/mol. The van der Waals surface area contributed by atoms with Crippen LogP contribution in [-0.2, 0) is 39.1 Å². The number of rotatable bonds is 14. The molecule has 0 radical (unpaired) electrons. The van der Waals surface area contributed by atoms with Crippen molar-refractivity contribution in [2.75, 3.05) is 20.3 Å². The molecule has 4 rings (SSSR count). The van der Waals surface area contributed by atoms with Gasteiger partial charge in [-0.25, -0.2) is 13.6 Å². The van der Waals surface area contributed by atoms with Crippen LogP contribution in [0.1, 0.15) is 48.2 Å². The molecule has 11 nitrogen and oxygen atoms in total. The third kappa shape index (κ3) is 8.72. The van der Waals surface area contributed by atoms with Crippen LogP contribution in [0, 0.1) is 18.6 Å². The summed E-state index contributed by atoms with van der Waals surface area (Å²) in [6.45, 7) is 0.370. The predicted molar refractivity (Wildman–Crippen MR) is 175 cm³/mol. The van der Waals surface area contributed by atoms with Crippen LogP contribution in [-0.4, -0.2) is 52.6 Å². The molecule has 0 spiro atoms. The largest absolute Gasteiger partial charge is 0.494 e. The van der Waals surface area contributed by atoms with Crippen LogP contribution in [0.4, 0.5) is 22.0 Å². The molecule has 51 heavy (non-hydrogen) atoms. The Bertz CT molecular complexity index is 2120. The highest BCUT2D eigenvalue weighted by atomic mass is 32.2. The molecule has 0 saturated heterocycles. The first-order valence-corrected chi connectivity index (χ1v) is 16.9. The Kier molecular flexibility index (Phi) is 12.2. The van der Waals surface area contributed by atoms with Crippen LogP contribution in [0.2, 0.25) is 0 Å². The van der Waals surface area contributed by atoms with Gasteiger partial charge in [-0.2, -0.15) is 25.9 Å². The smallest absolute Gasteiger partial charge is 0.416 e. The maximum Gasteiger partial charge on any atom is 0.416 e. The number of benzene rings is 3. The standard InChI is InChI=1S/C34H34F5N3O8S/c1-4-50-29(43)17-10-18-42(51(46,47)48)27(22-11-6-5-7-12-22)20-41-32(44)30(23-13-8-16-28(49-3)31(23)36)21(2)40(33(41)45)19-24-25(34(37,38)39)14-9-15-26(24)35/h5-9,11-16,27H,4,10,17-20H2,1-3H3,(H,46,47,48)/t27-/m0/s1. The average Bonchev–Trinajstić information content (AvgIpc) is 3.06. The lowest BCUT2D eigenvalue weighted by Crippen LogP contribution is -2.46. The van der Waals surface area contributed by atoms with Gasteiger partial charge in [0.2, 0.25) is 0 Å². The number of esters is 1. The molecule has 4 aromatic rings. The molecule has 0 saturated carbocycles. The van der Waals surface area contributed by atoms with Crippen molar-refractivity contribution in [3.8, 4) is 16.9 Å². The van der Waals surface area contributed by atoms with Crippen molar-refractivity contribution in [3.63, 3.8) is 0 Å². The second-order valence-electron chi connectivity index (χ2n) is 11.3. The number of methoxy groups -OCH3 is 1. The summed E-state index contributed by atoms with van der Waals surface area (Å²) in [7, 11) is -3.98. The lowest BCUT2D eigenvalue weighted by atomic mass is 10.0. The van der Waals surface area contributed by atoms with Crippen molar-refractivity contribution in [1.82, 2.24) is 13.4 Å². The van der Waals surface area contributed by atoms with Crippen molar-refractivity contribution >= 4 is 16.3 Å². The van der Waals surface area contributed by atoms with E-state index in [1.54, 1.807) is 13.0 Å². The predicted octanol–water partition coefficient (Wildman–Crippen LogP) is 5.53. The minimum Gasteiger partial charge on any atom is -0.494 e. The van der Waals surface area contributed by atoms with E-state index in [2.05, 4.69) is 0 Å². The van der Waals surface area contributed by atoms with Crippen LogP contribution in [0.25, 0.3) is 11.1 Å². The number of halogens is 5. The highest BCUT2D eigenvalue weighted by molar-refractivity contribution is 7.83. The number of ether oxygens (including phenoxy) is 2. The lowest BCUT2D eigenvalue weighted by Gasteiger charge is -2.30. The van der Waals surface area contributed by atoms with E-state index >= 15 is 8.78 Å². The number of carbonyl (C=O) groups is 1. The zero-order chi connectivity index (χ0) is 37.7. The summed E-state index contributed by atoms with van der Waals surface area (Å²) in [5.41, 5.74) is -5.91. The van der Waals surface area contributed by atoms with Crippen LogP contribution in [0.3, 0.4) is 0 Å². The van der Waals surface area contributed by atoms with Crippen molar-refractivity contribution in [1.29, 1.82) is 0 Å². The molecular formula is C34H34F5N3O8S. The van der Waals surface area contributed by atoms with Gasteiger partial charge in [-0.05, 0) is 44.0 Å². The van der Waals surface area contributed by atoms with Gasteiger partial charge in [-0.3, -0.25) is 23.3 Å². The molecule has 0 unspecified atom stereocenters. The minimum absolute atomic E-state index is 0.0592. The molecule has 0 aliphatic carbocycles. The van der Waals surface area contributed by atoms with Gasteiger partial charge in [0.15, 0.2) is 11.6 Å². The van der Waals surface area contributed by atoms with Gasteiger partial charge < -0.3 is 9.47 Å². The van der Waals surface area contributed by atoms with Gasteiger partial charge in [0.1, 0.15) is 5.82 Å². The number of nitrogens with zero attached hydrogens (tertiary/aromatic N) is 3. The molecule has 1 N–H and O–H groups in total. The SMILES string of the molecule is CCOC(=O)CCCN([C@@H](Cn1c(=O)c(-c2cccc(OC)c2F)c(C)n(Cc2c(F)cccc2C(F)(F)F)c1=O)c1ccccc1)S(=O)(=O)O. The molecule has 0 fully saturated rings. The number of hydrogen-bond donors (Lipinski definition) is 1. The van der Waals surface area contributed by atoms with E-state index in [1.165, 1.54) is 49.4 Å². The number of carbonyl (C=O) groups excluding carboxylic acids is 1. The Balaban J connectivity index is 2.02. The van der Waals surface area contributed by atoms with E-state index in [0.29, 0.717) is 19.5 Å². The van der Waals surface area contributed by atoms with Crippen molar-refractivity contribution in [3.05, 3.63) is 122 Å². The second kappa shape index (κ2) is 16.0. The molecule has 274 valence electrons. The Morgan fingerprint density at radius 3 is 2.25 bits per heavy atom. The Morgan fingerprint density at radius 2 is 1.65 bits per heavy atom. The zero-order valence-electron chi connectivity index (χ0n) is 27.6. The van der Waals surface area contributed by atoms with Gasteiger partial charge in [-0.1, -0.05) is 48.5 Å². The highest BCUT2D eigenvalue weighted by Crippen LogP contribution is 2.34. The summed E-state index contributed by atoms with van der Waals surface area (Å²) < 4.78 is 121. The van der Waals surface area contributed by atoms with Crippen LogP contribution in [0.5, 0.6) is 5.75 Å². The maximum absolute atomic E-state index is 15.7. The number of aromatic nitrogens is 2. The fourth-order valence-electron chi connectivity index (χ4n) is 5.72. The molecule has 1 atom stereocenters. The minimum atomic E-state index is -5.13. The maximum atomic E-state index is 15.7. The topological polar surface area (TPSA) is 137 Å². The summed E-state index contributed by atoms with van der Waals surface area (Å²) in [6, 6.07) is 11.9. The quantitative estimate of drug-likeness (QED) is 0.101. The molecule has 0 aliphatic rings. The summed E-state index contributed by atoms with van der Waals surface area (Å²) in [4.78, 5) is 40.5. The van der Waals surface area contributed by atoms with E-state index in [0.717, 1.165) is 19.2 Å². The third-order valence-electron chi connectivity index (χ3n) is 8.13. The fraction of sp³-hybridized carbons (Fsp3) is 0.324. The first kappa shape index (κ1) is 38.9. The van der Waals surface area contributed by atoms with Crippen LogP contribution >= 0.6 is 0 Å². The molecule has 1 aromatic heterocycles. The average molecular weight is 740 g/mol. The Morgan fingerprint density at radius 1 is 0.980 bits per heavy atom. The van der Waals surface area contributed by atoms with E-state index < -0.39 is 93.3 Å². The van der Waals surface area contributed by atoms with Crippen molar-refractivity contribution < 1.29 is 49.2 Å². The number of hydrogen-bond acceptors (Lipinski definition) is 7. The van der Waals surface area contributed by atoms with Crippen molar-refractivity contribution in [2.24, 2.45) is 0 Å². The molecule has 17 heteroatoms. The van der Waals surface area contributed by atoms with Gasteiger partial charge in [0, 0.05) is 29.8 Å². The summed E-state index contributed by atoms with van der Waals surface area (Å²) in [5, 5.41) is 0. The van der Waals surface area contributed by atoms with E-state index in [4.69, 9.17) is 9.47 Å². The van der Waals surface area contributed by atoms with Crippen LogP contribution in [0.15, 0.2) is 76.3 Å². The van der Waals surface area contributed by atoms with Crippen LogP contribution < -0.4 is 16.0 Å². The fourth-order valence-corrected chi connectivity index (χ4v) is 6.59. The molecular weight excluding hydrogens is 705 g/mol. The first-order chi connectivity index (χ1) is 24.0. The number of alkyl halides is 3. The van der Waals surface area contributed by atoms with Crippen molar-refractivity contribution in [2.45, 2.75) is 52.0 Å². The van der Waals surface area contributed by atoms with E-state index in [1.807, 2.05) is 0 Å². The van der Waals surface area contributed by atoms with Gasteiger partial charge in [0.25, 0.3) is 5.56 Å². The second-order valence-corrected chi connectivity index (χ2v) is 12.6. The summed E-state index contributed by atoms with van der Waals surface area (Å²) in [6.07, 6.45) is -5.48. The van der Waals surface area contributed by atoms with Gasteiger partial charge in [0.05, 0.1) is 44.0 Å². The highest BCUT2D eigenvalue weighted by Gasteiger charge is 2.36. The molecule has 0 amide bonds. The molecule has 0 aliphatic heterocycles. The molecule has 1 heterocycles. The van der Waals surface area contributed by atoms with Gasteiger partial charge in [-0.15, -0.1) is 0 Å². The Hall–Kier alpha value is -4.87. The molecule has 0 bridgehead atoms. The summed E-state index contributed by atoms with van der Waals surface area (Å²) in [5.74, 6) is -3.34. The van der Waals surface area contributed by atoms with E-state index in [-0.39, 0.29) is 36.5 Å². The van der Waals surface area contributed by atoms with E-state index in [9.17, 15) is 40.5 Å². The third-order valence-corrected chi connectivity index (χ3v) is 9.16. The molecule has 3 aromatic carbocycles. The zero-order valence-corrected chi connectivity index (χ0v) is 28.4. The normalized spacial score (nSPS) is 12.6. The summed E-state index contributed by atoms with van der Waals surface area (Å²) >= 11 is 0.